The molecular formula is C11H23NO4. The van der Waals surface area contributed by atoms with E-state index in [4.69, 9.17) is 14.6 Å². The minimum Gasteiger partial charge on any atom is -0.441 e. The molecule has 5 heteroatoms. The van der Waals surface area contributed by atoms with Crippen LogP contribution in [0.1, 0.15) is 34.6 Å². The van der Waals surface area contributed by atoms with Crippen LogP contribution in [0.15, 0.2) is 0 Å². The second-order valence-electron chi connectivity index (χ2n) is 5.30. The summed E-state index contributed by atoms with van der Waals surface area (Å²) in [7, 11) is 0. The van der Waals surface area contributed by atoms with Crippen LogP contribution in [0, 0.1) is 0 Å². The predicted octanol–water partition coefficient (Wildman–Crippen LogP) is 1.30. The number of alkyl carbamates (subject to hydrolysis) is 1. The highest BCUT2D eigenvalue weighted by atomic mass is 16.6. The zero-order chi connectivity index (χ0) is 12.8. The molecule has 0 aliphatic heterocycles. The Labute approximate surface area is 97.1 Å². The van der Waals surface area contributed by atoms with Crippen molar-refractivity contribution < 1.29 is 19.4 Å². The van der Waals surface area contributed by atoms with E-state index >= 15 is 0 Å². The molecule has 5 nitrogen and oxygen atoms in total. The van der Waals surface area contributed by atoms with Gasteiger partial charge in [-0.2, -0.15) is 0 Å². The maximum absolute atomic E-state index is 11.5. The van der Waals surface area contributed by atoms with Crippen molar-refractivity contribution in [2.45, 2.75) is 45.8 Å². The monoisotopic (exact) mass is 233 g/mol. The Balaban J connectivity index is 4.00. The molecule has 0 aromatic rings. The van der Waals surface area contributed by atoms with Gasteiger partial charge in [0.05, 0.1) is 19.8 Å². The highest BCUT2D eigenvalue weighted by Crippen LogP contribution is 2.11. The molecule has 0 aromatic heterocycles. The van der Waals surface area contributed by atoms with Crippen molar-refractivity contribution in [2.24, 2.45) is 0 Å². The van der Waals surface area contributed by atoms with Gasteiger partial charge in [0, 0.05) is 5.54 Å². The van der Waals surface area contributed by atoms with Gasteiger partial charge in [0.1, 0.15) is 5.60 Å². The summed E-state index contributed by atoms with van der Waals surface area (Å²) in [5.41, 5.74) is -1.02. The third-order valence-corrected chi connectivity index (χ3v) is 1.53. The Kier molecular flexibility index (Phi) is 5.75. The smallest absolute Gasteiger partial charge is 0.408 e. The highest BCUT2D eigenvalue weighted by Gasteiger charge is 2.25. The third-order valence-electron chi connectivity index (χ3n) is 1.53. The minimum atomic E-state index is -0.704. The first-order valence-corrected chi connectivity index (χ1v) is 5.36. The second-order valence-corrected chi connectivity index (χ2v) is 5.30. The summed E-state index contributed by atoms with van der Waals surface area (Å²) in [4.78, 5) is 11.5. The van der Waals surface area contributed by atoms with E-state index in [1.54, 1.807) is 13.8 Å². The molecule has 0 heterocycles. The third kappa shape index (κ3) is 8.49. The quantitative estimate of drug-likeness (QED) is 0.702. The largest absolute Gasteiger partial charge is 0.441 e. The van der Waals surface area contributed by atoms with Crippen LogP contribution in [-0.4, -0.2) is 42.2 Å². The van der Waals surface area contributed by atoms with Crippen molar-refractivity contribution in [1.29, 1.82) is 0 Å². The first kappa shape index (κ1) is 15.2. The van der Waals surface area contributed by atoms with Gasteiger partial charge in [0.15, 0.2) is 0 Å². The standard InChI is InChI=1S/C11H23NO4/c1-10(2,3)12-9(14)16-11(4,5)8-15-7-6-13/h13H,6-8H2,1-5H3,(H,12,14). The maximum atomic E-state index is 11.5. The average molecular weight is 233 g/mol. The molecule has 0 aromatic carbocycles. The normalized spacial score (nSPS) is 12.4. The highest BCUT2D eigenvalue weighted by molar-refractivity contribution is 5.68. The van der Waals surface area contributed by atoms with E-state index in [2.05, 4.69) is 5.32 Å². The van der Waals surface area contributed by atoms with E-state index in [1.807, 2.05) is 20.8 Å². The number of nitrogens with one attached hydrogen (secondary N) is 1. The predicted molar refractivity (Wildman–Crippen MR) is 61.4 cm³/mol. The molecule has 96 valence electrons. The number of rotatable bonds is 5. The minimum absolute atomic E-state index is 0.0374. The number of aliphatic hydroxyl groups is 1. The SMILES string of the molecule is CC(C)(C)NC(=O)OC(C)(C)COCCO. The Morgan fingerprint density at radius 1 is 1.25 bits per heavy atom. The van der Waals surface area contributed by atoms with Crippen LogP contribution >= 0.6 is 0 Å². The first-order valence-electron chi connectivity index (χ1n) is 5.36. The molecule has 0 atom stereocenters. The lowest BCUT2D eigenvalue weighted by Gasteiger charge is -2.28. The van der Waals surface area contributed by atoms with E-state index < -0.39 is 11.7 Å². The molecule has 0 aliphatic carbocycles. The lowest BCUT2D eigenvalue weighted by molar-refractivity contribution is -0.0408. The molecule has 0 radical (unpaired) electrons. The molecule has 0 saturated heterocycles. The molecule has 1 amide bonds. The number of ether oxygens (including phenoxy) is 2. The fourth-order valence-corrected chi connectivity index (χ4v) is 0.995. The fourth-order valence-electron chi connectivity index (χ4n) is 0.995. The molecule has 0 bridgehead atoms. The van der Waals surface area contributed by atoms with Gasteiger partial charge >= 0.3 is 6.09 Å². The number of carbonyl (C=O) groups excluding carboxylic acids is 1. The van der Waals surface area contributed by atoms with Crippen molar-refractivity contribution >= 4 is 6.09 Å². The summed E-state index contributed by atoms with van der Waals surface area (Å²) in [5, 5.41) is 11.3. The van der Waals surface area contributed by atoms with Crippen LogP contribution in [0.5, 0.6) is 0 Å². The van der Waals surface area contributed by atoms with Crippen molar-refractivity contribution in [2.75, 3.05) is 19.8 Å². The van der Waals surface area contributed by atoms with Gasteiger partial charge in [-0.15, -0.1) is 0 Å². The van der Waals surface area contributed by atoms with Gasteiger partial charge in [-0.25, -0.2) is 4.79 Å². The lowest BCUT2D eigenvalue weighted by atomic mass is 10.1. The molecule has 0 fully saturated rings. The van der Waals surface area contributed by atoms with Crippen LogP contribution in [-0.2, 0) is 9.47 Å². The lowest BCUT2D eigenvalue weighted by Crippen LogP contribution is -2.45. The Bertz CT molecular complexity index is 221. The van der Waals surface area contributed by atoms with Gasteiger partial charge in [-0.05, 0) is 34.6 Å². The Morgan fingerprint density at radius 3 is 2.25 bits per heavy atom. The molecule has 0 spiro atoms. The maximum Gasteiger partial charge on any atom is 0.408 e. The number of aliphatic hydroxyl groups excluding tert-OH is 1. The number of amides is 1. The van der Waals surface area contributed by atoms with Crippen LogP contribution in [0.2, 0.25) is 0 Å². The van der Waals surface area contributed by atoms with Crippen molar-refractivity contribution in [1.82, 2.24) is 5.32 Å². The summed E-state index contributed by atoms with van der Waals surface area (Å²) in [6, 6.07) is 0. The topological polar surface area (TPSA) is 67.8 Å². The summed E-state index contributed by atoms with van der Waals surface area (Å²) < 4.78 is 10.3. The molecular weight excluding hydrogens is 210 g/mol. The van der Waals surface area contributed by atoms with E-state index in [1.165, 1.54) is 0 Å². The van der Waals surface area contributed by atoms with Crippen LogP contribution in [0.4, 0.5) is 4.79 Å². The molecule has 16 heavy (non-hydrogen) atoms. The Morgan fingerprint density at radius 2 is 1.81 bits per heavy atom. The van der Waals surface area contributed by atoms with E-state index in [0.717, 1.165) is 0 Å². The average Bonchev–Trinajstić information content (AvgIpc) is 1.98. The molecule has 0 aliphatic rings. The van der Waals surface area contributed by atoms with Crippen LogP contribution in [0.25, 0.3) is 0 Å². The van der Waals surface area contributed by atoms with E-state index in [9.17, 15) is 4.79 Å². The zero-order valence-corrected chi connectivity index (χ0v) is 10.8. The van der Waals surface area contributed by atoms with Gasteiger partial charge < -0.3 is 19.9 Å². The molecule has 0 unspecified atom stereocenters. The van der Waals surface area contributed by atoms with E-state index in [-0.39, 0.29) is 25.4 Å². The van der Waals surface area contributed by atoms with Gasteiger partial charge in [0.2, 0.25) is 0 Å². The summed E-state index contributed by atoms with van der Waals surface area (Å²) >= 11 is 0. The first-order chi connectivity index (χ1) is 7.16. The van der Waals surface area contributed by atoms with E-state index in [0.29, 0.717) is 0 Å². The molecule has 0 saturated carbocycles. The molecule has 0 rings (SSSR count). The summed E-state index contributed by atoms with van der Waals surface area (Å²) in [6.07, 6.45) is -0.468. The van der Waals surface area contributed by atoms with Gasteiger partial charge in [0.25, 0.3) is 0 Å². The second kappa shape index (κ2) is 6.06. The summed E-state index contributed by atoms with van der Waals surface area (Å²) in [6.45, 7) is 9.61. The zero-order valence-electron chi connectivity index (χ0n) is 10.8. The van der Waals surface area contributed by atoms with Gasteiger partial charge in [-0.3, -0.25) is 0 Å². The van der Waals surface area contributed by atoms with Crippen LogP contribution in [0.3, 0.4) is 0 Å². The number of hydrogen-bond donors (Lipinski definition) is 2. The fraction of sp³-hybridized carbons (Fsp3) is 0.909. The molecule has 2 N–H and O–H groups in total. The van der Waals surface area contributed by atoms with Gasteiger partial charge in [-0.1, -0.05) is 0 Å². The van der Waals surface area contributed by atoms with Crippen molar-refractivity contribution in [3.8, 4) is 0 Å². The van der Waals surface area contributed by atoms with Crippen LogP contribution < -0.4 is 5.32 Å². The number of hydrogen-bond acceptors (Lipinski definition) is 4. The van der Waals surface area contributed by atoms with Crippen molar-refractivity contribution in [3.05, 3.63) is 0 Å². The number of carbonyl (C=O) groups is 1. The van der Waals surface area contributed by atoms with Crippen molar-refractivity contribution in [3.63, 3.8) is 0 Å². The summed E-state index contributed by atoms with van der Waals surface area (Å²) in [5.74, 6) is 0. The Hall–Kier alpha value is -0.810.